The van der Waals surface area contributed by atoms with Crippen LogP contribution in [0.4, 0.5) is 0 Å². The van der Waals surface area contributed by atoms with Gasteiger partial charge in [0.25, 0.3) is 0 Å². The van der Waals surface area contributed by atoms with Gasteiger partial charge in [0, 0.05) is 18.7 Å². The molecular weight excluding hydrogens is 238 g/mol. The lowest BCUT2D eigenvalue weighted by Gasteiger charge is -2.43. The third-order valence-corrected chi connectivity index (χ3v) is 4.37. The van der Waals surface area contributed by atoms with Crippen LogP contribution in [0.2, 0.25) is 0 Å². The fourth-order valence-corrected chi connectivity index (χ4v) is 3.04. The summed E-state index contributed by atoms with van der Waals surface area (Å²) in [6.45, 7) is 7.31. The molecule has 3 nitrogen and oxygen atoms in total. The predicted molar refractivity (Wildman–Crippen MR) is 77.4 cm³/mol. The van der Waals surface area contributed by atoms with Crippen molar-refractivity contribution in [1.82, 2.24) is 5.32 Å². The van der Waals surface area contributed by atoms with Gasteiger partial charge in [-0.2, -0.15) is 0 Å². The summed E-state index contributed by atoms with van der Waals surface area (Å²) in [4.78, 5) is 0. The maximum absolute atomic E-state index is 5.78. The van der Waals surface area contributed by atoms with Gasteiger partial charge in [-0.15, -0.1) is 0 Å². The Morgan fingerprint density at radius 2 is 2.16 bits per heavy atom. The zero-order valence-electron chi connectivity index (χ0n) is 12.7. The van der Waals surface area contributed by atoms with Crippen molar-refractivity contribution in [3.05, 3.63) is 23.2 Å². The predicted octanol–water partition coefficient (Wildman–Crippen LogP) is 3.90. The zero-order valence-corrected chi connectivity index (χ0v) is 12.7. The van der Waals surface area contributed by atoms with Gasteiger partial charge < -0.3 is 14.5 Å². The van der Waals surface area contributed by atoms with Crippen LogP contribution < -0.4 is 5.32 Å². The van der Waals surface area contributed by atoms with Crippen LogP contribution >= 0.6 is 0 Å². The third kappa shape index (κ3) is 3.21. The summed E-state index contributed by atoms with van der Waals surface area (Å²) in [5.74, 6) is 2.03. The van der Waals surface area contributed by atoms with Crippen molar-refractivity contribution < 1.29 is 9.15 Å². The number of rotatable bonds is 7. The van der Waals surface area contributed by atoms with Crippen molar-refractivity contribution >= 4 is 0 Å². The SMILES string of the molecule is CCCNC(CC1(OC)CCC1)c1cc(C)oc1C. The van der Waals surface area contributed by atoms with Crippen molar-refractivity contribution in [2.45, 2.75) is 64.5 Å². The second-order valence-corrected chi connectivity index (χ2v) is 5.82. The minimum Gasteiger partial charge on any atom is -0.466 e. The quantitative estimate of drug-likeness (QED) is 0.812. The van der Waals surface area contributed by atoms with Crippen LogP contribution in [0.3, 0.4) is 0 Å². The molecule has 1 saturated carbocycles. The van der Waals surface area contributed by atoms with E-state index in [0.29, 0.717) is 6.04 Å². The summed E-state index contributed by atoms with van der Waals surface area (Å²) in [5, 5.41) is 3.66. The van der Waals surface area contributed by atoms with E-state index in [1.54, 1.807) is 0 Å². The Hall–Kier alpha value is -0.800. The first-order valence-corrected chi connectivity index (χ1v) is 7.45. The van der Waals surface area contributed by atoms with E-state index in [9.17, 15) is 0 Å². The molecular formula is C16H27NO2. The number of hydrogen-bond donors (Lipinski definition) is 1. The monoisotopic (exact) mass is 265 g/mol. The Balaban J connectivity index is 2.13. The number of aryl methyl sites for hydroxylation is 2. The molecule has 19 heavy (non-hydrogen) atoms. The van der Waals surface area contributed by atoms with Gasteiger partial charge in [-0.1, -0.05) is 6.92 Å². The average molecular weight is 265 g/mol. The van der Waals surface area contributed by atoms with Crippen LogP contribution in [0, 0.1) is 13.8 Å². The molecule has 3 heteroatoms. The van der Waals surface area contributed by atoms with Gasteiger partial charge in [-0.25, -0.2) is 0 Å². The molecule has 1 aromatic rings. The normalized spacial score (nSPS) is 19.2. The van der Waals surface area contributed by atoms with Crippen molar-refractivity contribution in [2.24, 2.45) is 0 Å². The highest BCUT2D eigenvalue weighted by atomic mass is 16.5. The molecule has 1 N–H and O–H groups in total. The lowest BCUT2D eigenvalue weighted by atomic mass is 9.74. The molecule has 1 fully saturated rings. The fraction of sp³-hybridized carbons (Fsp3) is 0.750. The summed E-state index contributed by atoms with van der Waals surface area (Å²) in [6, 6.07) is 2.52. The summed E-state index contributed by atoms with van der Waals surface area (Å²) in [5.41, 5.74) is 1.39. The largest absolute Gasteiger partial charge is 0.466 e. The number of ether oxygens (including phenoxy) is 1. The molecule has 108 valence electrons. The molecule has 0 aromatic carbocycles. The van der Waals surface area contributed by atoms with Crippen molar-refractivity contribution in [2.75, 3.05) is 13.7 Å². The van der Waals surface area contributed by atoms with E-state index in [4.69, 9.17) is 9.15 Å². The number of methoxy groups -OCH3 is 1. The van der Waals surface area contributed by atoms with Gasteiger partial charge >= 0.3 is 0 Å². The van der Waals surface area contributed by atoms with E-state index in [2.05, 4.69) is 25.2 Å². The molecule has 0 aliphatic heterocycles. The second-order valence-electron chi connectivity index (χ2n) is 5.82. The molecule has 1 unspecified atom stereocenters. The molecule has 1 atom stereocenters. The van der Waals surface area contributed by atoms with Crippen molar-refractivity contribution in [1.29, 1.82) is 0 Å². The topological polar surface area (TPSA) is 34.4 Å². The highest BCUT2D eigenvalue weighted by Gasteiger charge is 2.39. The van der Waals surface area contributed by atoms with Gasteiger partial charge in [-0.3, -0.25) is 0 Å². The van der Waals surface area contributed by atoms with Crippen LogP contribution in [0.1, 0.15) is 62.2 Å². The number of furan rings is 1. The third-order valence-electron chi connectivity index (χ3n) is 4.37. The molecule has 0 radical (unpaired) electrons. The highest BCUT2D eigenvalue weighted by molar-refractivity contribution is 5.25. The minimum absolute atomic E-state index is 0.0863. The van der Waals surface area contributed by atoms with E-state index >= 15 is 0 Å². The minimum atomic E-state index is 0.0863. The van der Waals surface area contributed by atoms with Gasteiger partial charge in [0.05, 0.1) is 5.60 Å². The molecule has 0 saturated heterocycles. The van der Waals surface area contributed by atoms with Crippen molar-refractivity contribution in [3.8, 4) is 0 Å². The Bertz CT molecular complexity index is 401. The van der Waals surface area contributed by atoms with Crippen LogP contribution in [-0.4, -0.2) is 19.3 Å². The summed E-state index contributed by atoms with van der Waals surface area (Å²) < 4.78 is 11.5. The Labute approximate surface area is 116 Å². The highest BCUT2D eigenvalue weighted by Crippen LogP contribution is 2.42. The molecule has 2 rings (SSSR count). The van der Waals surface area contributed by atoms with Crippen LogP contribution in [0.25, 0.3) is 0 Å². The molecule has 1 aliphatic rings. The van der Waals surface area contributed by atoms with Gasteiger partial charge in [-0.05, 0) is 58.6 Å². The summed E-state index contributed by atoms with van der Waals surface area (Å²) >= 11 is 0. The van der Waals surface area contributed by atoms with E-state index in [-0.39, 0.29) is 5.60 Å². The van der Waals surface area contributed by atoms with E-state index < -0.39 is 0 Å². The van der Waals surface area contributed by atoms with Crippen LogP contribution in [0.5, 0.6) is 0 Å². The smallest absolute Gasteiger partial charge is 0.105 e. The summed E-state index contributed by atoms with van der Waals surface area (Å²) in [7, 11) is 1.85. The maximum Gasteiger partial charge on any atom is 0.105 e. The lowest BCUT2D eigenvalue weighted by molar-refractivity contribution is -0.0838. The first-order valence-electron chi connectivity index (χ1n) is 7.45. The first kappa shape index (κ1) is 14.6. The zero-order chi connectivity index (χ0) is 13.9. The van der Waals surface area contributed by atoms with Crippen molar-refractivity contribution in [3.63, 3.8) is 0 Å². The summed E-state index contributed by atoms with van der Waals surface area (Å²) in [6.07, 6.45) is 5.85. The molecule has 1 heterocycles. The second kappa shape index (κ2) is 6.10. The number of hydrogen-bond acceptors (Lipinski definition) is 3. The van der Waals surface area contributed by atoms with E-state index in [1.807, 2.05) is 14.0 Å². The molecule has 1 aromatic heterocycles. The molecule has 0 spiro atoms. The Kier molecular flexibility index (Phi) is 4.69. The average Bonchev–Trinajstić information content (AvgIpc) is 2.67. The van der Waals surface area contributed by atoms with Gasteiger partial charge in [0.15, 0.2) is 0 Å². The lowest BCUT2D eigenvalue weighted by Crippen LogP contribution is -2.43. The van der Waals surface area contributed by atoms with E-state index in [0.717, 1.165) is 30.9 Å². The van der Waals surface area contributed by atoms with Crippen LogP contribution in [-0.2, 0) is 4.74 Å². The number of nitrogens with one attached hydrogen (secondary N) is 1. The standard InChI is InChI=1S/C16H27NO2/c1-5-9-17-15(11-16(18-4)7-6-8-16)14-10-12(2)19-13(14)3/h10,15,17H,5-9,11H2,1-4H3. The maximum atomic E-state index is 5.78. The van der Waals surface area contributed by atoms with E-state index in [1.165, 1.54) is 24.8 Å². The molecule has 0 amide bonds. The molecule has 0 bridgehead atoms. The molecule has 1 aliphatic carbocycles. The van der Waals surface area contributed by atoms with Gasteiger partial charge in [0.2, 0.25) is 0 Å². The fourth-order valence-electron chi connectivity index (χ4n) is 3.04. The van der Waals surface area contributed by atoms with Crippen LogP contribution in [0.15, 0.2) is 10.5 Å². The first-order chi connectivity index (χ1) is 9.10. The Morgan fingerprint density at radius 1 is 1.42 bits per heavy atom. The Morgan fingerprint density at radius 3 is 2.58 bits per heavy atom. The van der Waals surface area contributed by atoms with Gasteiger partial charge in [0.1, 0.15) is 11.5 Å².